The van der Waals surface area contributed by atoms with Crippen LogP contribution in [-0.2, 0) is 15.0 Å². The number of imide groups is 2. The SMILES string of the molecule is COc1cccc(-n2nnc(C(=O)Nc3cc(C(C)(C)C)ccc3OCCCCCCCCOc3cccc4c3C(=O)N(C3CCC(=O)NC3=O)C4=O)c2C)c1. The second kappa shape index (κ2) is 17.2. The van der Waals surface area contributed by atoms with E-state index in [4.69, 9.17) is 14.2 Å². The van der Waals surface area contributed by atoms with Gasteiger partial charge < -0.3 is 19.5 Å². The number of anilines is 1. The summed E-state index contributed by atoms with van der Waals surface area (Å²) >= 11 is 0. The zero-order valence-electron chi connectivity index (χ0n) is 32.5. The van der Waals surface area contributed by atoms with Crippen molar-refractivity contribution in [2.45, 2.75) is 90.5 Å². The molecule has 1 atom stereocenters. The molecule has 0 spiro atoms. The molecule has 1 aromatic heterocycles. The van der Waals surface area contributed by atoms with Crippen molar-refractivity contribution in [3.63, 3.8) is 0 Å². The number of carbonyl (C=O) groups excluding carboxylic acids is 5. The molecule has 2 N–H and O–H groups in total. The van der Waals surface area contributed by atoms with Crippen molar-refractivity contribution >= 4 is 35.2 Å². The van der Waals surface area contributed by atoms with Crippen LogP contribution in [0.2, 0.25) is 0 Å². The van der Waals surface area contributed by atoms with Gasteiger partial charge in [-0.25, -0.2) is 4.68 Å². The Labute approximate surface area is 325 Å². The van der Waals surface area contributed by atoms with Gasteiger partial charge in [0.25, 0.3) is 17.7 Å². The van der Waals surface area contributed by atoms with Gasteiger partial charge in [-0.15, -0.1) is 5.10 Å². The third-order valence-electron chi connectivity index (χ3n) is 9.99. The number of ether oxygens (including phenoxy) is 3. The Morgan fingerprint density at radius 2 is 1.57 bits per heavy atom. The summed E-state index contributed by atoms with van der Waals surface area (Å²) in [5, 5.41) is 13.6. The molecule has 6 rings (SSSR count). The summed E-state index contributed by atoms with van der Waals surface area (Å²) in [4.78, 5) is 64.8. The molecule has 294 valence electrons. The molecule has 14 nitrogen and oxygen atoms in total. The quantitative estimate of drug-likeness (QED) is 0.0970. The largest absolute Gasteiger partial charge is 0.497 e. The standard InChI is InChI=1S/C42H48N6O8/c1-26-37(45-46-48(26)28-14-12-15-29(25-28)54-5)39(51)43-31-24-27(42(2,3)4)18-20-33(31)55-22-10-8-6-7-9-11-23-56-34-17-13-16-30-36(34)41(53)47(40(30)52)32-19-21-35(49)44-38(32)50/h12-18,20,24-25,32H,6-11,19,21-23H2,1-5H3,(H,43,51)(H,44,49,50). The highest BCUT2D eigenvalue weighted by Crippen LogP contribution is 2.35. The van der Waals surface area contributed by atoms with E-state index >= 15 is 0 Å². The number of carbonyl (C=O) groups is 5. The lowest BCUT2D eigenvalue weighted by Gasteiger charge is -2.27. The molecule has 56 heavy (non-hydrogen) atoms. The average molecular weight is 765 g/mol. The van der Waals surface area contributed by atoms with Gasteiger partial charge in [-0.05, 0) is 73.6 Å². The fourth-order valence-corrected chi connectivity index (χ4v) is 6.81. The van der Waals surface area contributed by atoms with Gasteiger partial charge >= 0.3 is 0 Å². The summed E-state index contributed by atoms with van der Waals surface area (Å²) in [6.07, 6.45) is 5.59. The lowest BCUT2D eigenvalue weighted by Crippen LogP contribution is -2.54. The highest BCUT2D eigenvalue weighted by atomic mass is 16.5. The Morgan fingerprint density at radius 3 is 2.27 bits per heavy atom. The van der Waals surface area contributed by atoms with E-state index in [1.807, 2.05) is 42.5 Å². The van der Waals surface area contributed by atoms with Crippen LogP contribution in [0.25, 0.3) is 5.69 Å². The number of nitrogens with zero attached hydrogens (tertiary/aromatic N) is 4. The Balaban J connectivity index is 0.956. The highest BCUT2D eigenvalue weighted by Gasteiger charge is 2.46. The van der Waals surface area contributed by atoms with Crippen molar-refractivity contribution in [3.05, 3.63) is 88.7 Å². The number of piperidine rings is 1. The van der Waals surface area contributed by atoms with E-state index in [-0.39, 0.29) is 41.0 Å². The molecule has 1 saturated heterocycles. The molecule has 14 heteroatoms. The van der Waals surface area contributed by atoms with Gasteiger partial charge in [0.05, 0.1) is 48.5 Å². The fourth-order valence-electron chi connectivity index (χ4n) is 6.81. The van der Waals surface area contributed by atoms with Crippen LogP contribution < -0.4 is 24.8 Å². The molecule has 0 saturated carbocycles. The molecule has 1 fully saturated rings. The van der Waals surface area contributed by atoms with E-state index < -0.39 is 29.7 Å². The van der Waals surface area contributed by atoms with Crippen LogP contribution in [0.1, 0.15) is 115 Å². The van der Waals surface area contributed by atoms with Crippen molar-refractivity contribution in [2.75, 3.05) is 25.6 Å². The van der Waals surface area contributed by atoms with Crippen LogP contribution in [0.4, 0.5) is 5.69 Å². The lowest BCUT2D eigenvalue weighted by atomic mass is 9.87. The molecule has 3 aromatic carbocycles. The Bertz CT molecular complexity index is 2140. The Hall–Kier alpha value is -6.05. The predicted octanol–water partition coefficient (Wildman–Crippen LogP) is 6.33. The number of fused-ring (bicyclic) bond motifs is 1. The summed E-state index contributed by atoms with van der Waals surface area (Å²) in [6.45, 7) is 8.98. The number of hydrogen-bond acceptors (Lipinski definition) is 10. The zero-order chi connectivity index (χ0) is 40.0. The summed E-state index contributed by atoms with van der Waals surface area (Å²) in [7, 11) is 1.59. The van der Waals surface area contributed by atoms with E-state index in [1.165, 1.54) is 0 Å². The first-order valence-corrected chi connectivity index (χ1v) is 19.0. The maximum Gasteiger partial charge on any atom is 0.278 e. The molecule has 2 aliphatic heterocycles. The Kier molecular flexibility index (Phi) is 12.2. The molecule has 2 aliphatic rings. The lowest BCUT2D eigenvalue weighted by molar-refractivity contribution is -0.136. The van der Waals surface area contributed by atoms with Crippen molar-refractivity contribution in [2.24, 2.45) is 0 Å². The van der Waals surface area contributed by atoms with Crippen molar-refractivity contribution in [3.8, 4) is 22.9 Å². The van der Waals surface area contributed by atoms with E-state index in [1.54, 1.807) is 36.9 Å². The van der Waals surface area contributed by atoms with Crippen LogP contribution in [0.15, 0.2) is 60.7 Å². The number of methoxy groups -OCH3 is 1. The number of nitrogens with one attached hydrogen (secondary N) is 2. The van der Waals surface area contributed by atoms with Crippen LogP contribution in [0.3, 0.4) is 0 Å². The summed E-state index contributed by atoms with van der Waals surface area (Å²) in [5.41, 5.74) is 3.35. The molecule has 3 heterocycles. The maximum absolute atomic E-state index is 13.5. The third-order valence-corrected chi connectivity index (χ3v) is 9.99. The summed E-state index contributed by atoms with van der Waals surface area (Å²) in [5.74, 6) is -1.03. The highest BCUT2D eigenvalue weighted by molar-refractivity contribution is 6.24. The van der Waals surface area contributed by atoms with Crippen molar-refractivity contribution in [1.82, 2.24) is 25.2 Å². The molecule has 4 aromatic rings. The molecule has 5 amide bonds. The Morgan fingerprint density at radius 1 is 0.875 bits per heavy atom. The molecule has 0 aliphatic carbocycles. The molecule has 0 bridgehead atoms. The van der Waals surface area contributed by atoms with Gasteiger partial charge in [-0.1, -0.05) is 69.9 Å². The third kappa shape index (κ3) is 8.74. The number of hydrogen-bond donors (Lipinski definition) is 2. The van der Waals surface area contributed by atoms with Gasteiger partial charge in [-0.2, -0.15) is 0 Å². The van der Waals surface area contributed by atoms with E-state index in [9.17, 15) is 24.0 Å². The van der Waals surface area contributed by atoms with Crippen LogP contribution in [-0.4, -0.2) is 75.8 Å². The topological polar surface area (TPSA) is 171 Å². The first-order chi connectivity index (χ1) is 26.9. The van der Waals surface area contributed by atoms with E-state index in [2.05, 4.69) is 41.7 Å². The van der Waals surface area contributed by atoms with Gasteiger partial charge in [0.2, 0.25) is 11.8 Å². The van der Waals surface area contributed by atoms with E-state index in [0.717, 1.165) is 54.7 Å². The average Bonchev–Trinajstić information content (AvgIpc) is 3.68. The number of amides is 5. The summed E-state index contributed by atoms with van der Waals surface area (Å²) in [6, 6.07) is 17.1. The van der Waals surface area contributed by atoms with Crippen LogP contribution in [0, 0.1) is 6.92 Å². The number of aromatic nitrogens is 3. The van der Waals surface area contributed by atoms with Crippen LogP contribution in [0.5, 0.6) is 17.2 Å². The molecular weight excluding hydrogens is 716 g/mol. The fraction of sp³-hybridized carbons (Fsp3) is 0.405. The first-order valence-electron chi connectivity index (χ1n) is 19.0. The second-order valence-corrected chi connectivity index (χ2v) is 15.0. The monoisotopic (exact) mass is 764 g/mol. The smallest absolute Gasteiger partial charge is 0.278 e. The number of unbranched alkanes of at least 4 members (excludes halogenated alkanes) is 5. The molecule has 0 radical (unpaired) electrons. The van der Waals surface area contributed by atoms with Gasteiger partial charge in [0, 0.05) is 12.5 Å². The van der Waals surface area contributed by atoms with Gasteiger partial charge in [0.15, 0.2) is 5.69 Å². The first kappa shape index (κ1) is 39.6. The maximum atomic E-state index is 13.5. The second-order valence-electron chi connectivity index (χ2n) is 15.0. The minimum Gasteiger partial charge on any atom is -0.497 e. The normalized spacial score (nSPS) is 15.4. The van der Waals surface area contributed by atoms with Crippen LogP contribution >= 0.6 is 0 Å². The van der Waals surface area contributed by atoms with E-state index in [0.29, 0.717) is 41.8 Å². The zero-order valence-corrected chi connectivity index (χ0v) is 32.5. The number of rotatable bonds is 16. The van der Waals surface area contributed by atoms with Crippen molar-refractivity contribution < 1.29 is 38.2 Å². The molecule has 1 unspecified atom stereocenters. The predicted molar refractivity (Wildman–Crippen MR) is 208 cm³/mol. The number of benzene rings is 3. The minimum absolute atomic E-state index is 0.0613. The minimum atomic E-state index is -1.02. The molecular formula is C42H48N6O8. The summed E-state index contributed by atoms with van der Waals surface area (Å²) < 4.78 is 19.1. The van der Waals surface area contributed by atoms with Gasteiger partial charge in [-0.3, -0.25) is 34.2 Å². The van der Waals surface area contributed by atoms with Gasteiger partial charge in [0.1, 0.15) is 23.3 Å². The van der Waals surface area contributed by atoms with Crippen molar-refractivity contribution in [1.29, 1.82) is 0 Å².